The van der Waals surface area contributed by atoms with Crippen LogP contribution >= 0.6 is 22.9 Å². The number of carbonyl (C=O) groups excluding carboxylic acids is 2. The van der Waals surface area contributed by atoms with Crippen LogP contribution in [0.3, 0.4) is 0 Å². The first kappa shape index (κ1) is 26.3. The van der Waals surface area contributed by atoms with E-state index in [0.29, 0.717) is 33.4 Å². The zero-order valence-electron chi connectivity index (χ0n) is 20.3. The van der Waals surface area contributed by atoms with Gasteiger partial charge in [-0.25, -0.2) is 19.9 Å². The number of ether oxygens (including phenoxy) is 2. The summed E-state index contributed by atoms with van der Waals surface area (Å²) in [7, 11) is 1.50. The van der Waals surface area contributed by atoms with Gasteiger partial charge in [0.1, 0.15) is 16.6 Å². The maximum Gasteiger partial charge on any atom is 0.388 e. The molecule has 0 saturated heterocycles. The molecule has 0 radical (unpaired) electrons. The van der Waals surface area contributed by atoms with Gasteiger partial charge in [-0.05, 0) is 19.1 Å². The van der Waals surface area contributed by atoms with E-state index in [4.69, 9.17) is 16.3 Å². The van der Waals surface area contributed by atoms with Crippen molar-refractivity contribution < 1.29 is 27.8 Å². The first-order valence-corrected chi connectivity index (χ1v) is 12.4. The summed E-state index contributed by atoms with van der Waals surface area (Å²) in [6.07, 6.45) is 4.98. The van der Waals surface area contributed by atoms with Crippen molar-refractivity contribution in [3.05, 3.63) is 69.6 Å². The number of halogens is 3. The highest BCUT2D eigenvalue weighted by Crippen LogP contribution is 2.35. The number of thiazole rings is 1. The molecule has 1 aliphatic rings. The monoisotopic (exact) mass is 573 g/mol. The molecule has 11 nitrogen and oxygen atoms in total. The first-order chi connectivity index (χ1) is 18.7. The molecule has 0 spiro atoms. The largest absolute Gasteiger partial charge is 0.494 e. The van der Waals surface area contributed by atoms with Gasteiger partial charge in [-0.3, -0.25) is 19.9 Å². The summed E-state index contributed by atoms with van der Waals surface area (Å²) in [6, 6.07) is 3.36. The van der Waals surface area contributed by atoms with E-state index in [9.17, 15) is 18.4 Å². The van der Waals surface area contributed by atoms with Gasteiger partial charge in [0.15, 0.2) is 5.13 Å². The Morgan fingerprint density at radius 3 is 2.59 bits per heavy atom. The fraction of sp³-hybridized carbons (Fsp3) is 0.208. The van der Waals surface area contributed by atoms with Crippen LogP contribution in [-0.2, 0) is 13.1 Å². The molecule has 5 heterocycles. The Morgan fingerprint density at radius 2 is 1.90 bits per heavy atom. The maximum absolute atomic E-state index is 13.3. The third-order valence-electron chi connectivity index (χ3n) is 5.65. The van der Waals surface area contributed by atoms with E-state index in [1.807, 2.05) is 0 Å². The van der Waals surface area contributed by atoms with Crippen LogP contribution in [0.5, 0.6) is 11.6 Å². The third kappa shape index (κ3) is 5.61. The number of rotatable bonds is 7. The molecule has 0 saturated carbocycles. The average Bonchev–Trinajstić information content (AvgIpc) is 3.47. The summed E-state index contributed by atoms with van der Waals surface area (Å²) in [6.45, 7) is -0.817. The molecule has 1 N–H and O–H groups in total. The van der Waals surface area contributed by atoms with E-state index in [0.717, 1.165) is 17.3 Å². The Morgan fingerprint density at radius 1 is 1.08 bits per heavy atom. The zero-order valence-corrected chi connectivity index (χ0v) is 21.9. The molecule has 0 fully saturated rings. The van der Waals surface area contributed by atoms with Crippen LogP contribution in [0, 0.1) is 6.92 Å². The minimum Gasteiger partial charge on any atom is -0.494 e. The molecule has 2 amide bonds. The van der Waals surface area contributed by atoms with Crippen molar-refractivity contribution in [1.29, 1.82) is 0 Å². The van der Waals surface area contributed by atoms with E-state index >= 15 is 0 Å². The standard InChI is InChI=1S/C24H18ClF2N7O4S/c1-11-3-12(13-4-19(25)30-7-17(13)37-2)14(5-28-11)21(35)33-24-32-16-9-34(10-18(16)39-24)22(36)15-6-31-20(8-29-15)38-23(26)27/h3-8,23H,9-10H2,1-2H3,(H,32,33,35). The summed E-state index contributed by atoms with van der Waals surface area (Å²) in [4.78, 5) is 48.6. The third-order valence-corrected chi connectivity index (χ3v) is 6.85. The molecule has 1 aliphatic heterocycles. The smallest absolute Gasteiger partial charge is 0.388 e. The molecule has 0 unspecified atom stereocenters. The van der Waals surface area contributed by atoms with Crippen LogP contribution < -0.4 is 14.8 Å². The second-order valence-electron chi connectivity index (χ2n) is 8.20. The number of hydrogen-bond acceptors (Lipinski definition) is 10. The van der Waals surface area contributed by atoms with Crippen molar-refractivity contribution in [2.24, 2.45) is 0 Å². The van der Waals surface area contributed by atoms with Gasteiger partial charge >= 0.3 is 6.61 Å². The van der Waals surface area contributed by atoms with Gasteiger partial charge < -0.3 is 14.4 Å². The maximum atomic E-state index is 13.3. The molecule has 15 heteroatoms. The predicted octanol–water partition coefficient (Wildman–Crippen LogP) is 4.37. The second kappa shape index (κ2) is 10.8. The number of hydrogen-bond donors (Lipinski definition) is 1. The van der Waals surface area contributed by atoms with E-state index in [1.165, 1.54) is 35.7 Å². The van der Waals surface area contributed by atoms with Crippen molar-refractivity contribution in [2.75, 3.05) is 12.4 Å². The van der Waals surface area contributed by atoms with E-state index in [2.05, 4.69) is 35.0 Å². The highest BCUT2D eigenvalue weighted by molar-refractivity contribution is 7.16. The van der Waals surface area contributed by atoms with E-state index in [-0.39, 0.29) is 35.4 Å². The van der Waals surface area contributed by atoms with Gasteiger partial charge in [0.25, 0.3) is 11.8 Å². The SMILES string of the molecule is COc1cnc(Cl)cc1-c1cc(C)ncc1C(=O)Nc1nc2c(s1)CN(C(=O)c1cnc(OC(F)F)cn1)C2. The quantitative estimate of drug-likeness (QED) is 0.320. The minimum absolute atomic E-state index is 0.0219. The van der Waals surface area contributed by atoms with Gasteiger partial charge in [-0.2, -0.15) is 8.78 Å². The van der Waals surface area contributed by atoms with Crippen LogP contribution in [0.4, 0.5) is 13.9 Å². The van der Waals surface area contributed by atoms with Crippen LogP contribution in [0.25, 0.3) is 11.1 Å². The summed E-state index contributed by atoms with van der Waals surface area (Å²) < 4.78 is 34.2. The minimum atomic E-state index is -3.04. The normalized spacial score (nSPS) is 12.4. The molecule has 0 bridgehead atoms. The van der Waals surface area contributed by atoms with Crippen LogP contribution in [0.2, 0.25) is 5.15 Å². The highest BCUT2D eigenvalue weighted by atomic mass is 35.5. The lowest BCUT2D eigenvalue weighted by atomic mass is 10.0. The number of nitrogens with one attached hydrogen (secondary N) is 1. The average molecular weight is 574 g/mol. The van der Waals surface area contributed by atoms with Gasteiger partial charge in [0.05, 0.1) is 54.9 Å². The number of nitrogens with zero attached hydrogens (tertiary/aromatic N) is 6. The fourth-order valence-electron chi connectivity index (χ4n) is 3.90. The Balaban J connectivity index is 1.30. The number of anilines is 1. The number of aromatic nitrogens is 5. The molecule has 39 heavy (non-hydrogen) atoms. The highest BCUT2D eigenvalue weighted by Gasteiger charge is 2.29. The van der Waals surface area contributed by atoms with Crippen LogP contribution in [0.15, 0.2) is 36.9 Å². The zero-order chi connectivity index (χ0) is 27.7. The summed E-state index contributed by atoms with van der Waals surface area (Å²) in [5.74, 6) is -0.823. The number of amides is 2. The van der Waals surface area contributed by atoms with Crippen LogP contribution in [0.1, 0.15) is 37.1 Å². The Bertz CT molecular complexity index is 1550. The number of aryl methyl sites for hydroxylation is 1. The van der Waals surface area contributed by atoms with Crippen LogP contribution in [-0.4, -0.2) is 55.4 Å². The topological polar surface area (TPSA) is 132 Å². The molecule has 0 aliphatic carbocycles. The Kier molecular flexibility index (Phi) is 7.30. The van der Waals surface area contributed by atoms with Gasteiger partial charge in [-0.15, -0.1) is 0 Å². The number of alkyl halides is 2. The molecule has 5 rings (SSSR count). The Labute approximate surface area is 228 Å². The first-order valence-electron chi connectivity index (χ1n) is 11.2. The van der Waals surface area contributed by atoms with Gasteiger partial charge in [-0.1, -0.05) is 22.9 Å². The number of carbonyl (C=O) groups is 2. The van der Waals surface area contributed by atoms with Gasteiger partial charge in [0, 0.05) is 23.0 Å². The predicted molar refractivity (Wildman–Crippen MR) is 136 cm³/mol. The van der Waals surface area contributed by atoms with Crippen molar-refractivity contribution in [3.63, 3.8) is 0 Å². The van der Waals surface area contributed by atoms with E-state index < -0.39 is 18.4 Å². The Hall–Kier alpha value is -4.30. The molecule has 4 aromatic heterocycles. The fourth-order valence-corrected chi connectivity index (χ4v) is 5.04. The molecule has 4 aromatic rings. The summed E-state index contributed by atoms with van der Waals surface area (Å²) in [5.41, 5.74) is 2.72. The lowest BCUT2D eigenvalue weighted by Gasteiger charge is -2.15. The van der Waals surface area contributed by atoms with Crippen molar-refractivity contribution in [2.45, 2.75) is 26.6 Å². The van der Waals surface area contributed by atoms with Crippen molar-refractivity contribution >= 4 is 39.9 Å². The molecule has 200 valence electrons. The number of fused-ring (bicyclic) bond motifs is 1. The second-order valence-corrected chi connectivity index (χ2v) is 9.67. The molecular formula is C24H18ClF2N7O4S. The number of methoxy groups -OCH3 is 1. The molecule has 0 atom stereocenters. The van der Waals surface area contributed by atoms with Gasteiger partial charge in [0.2, 0.25) is 5.88 Å². The lowest BCUT2D eigenvalue weighted by molar-refractivity contribution is -0.0531. The van der Waals surface area contributed by atoms with Crippen molar-refractivity contribution in [3.8, 4) is 22.8 Å². The molecule has 0 aromatic carbocycles. The van der Waals surface area contributed by atoms with E-state index in [1.54, 1.807) is 19.1 Å². The lowest BCUT2D eigenvalue weighted by Crippen LogP contribution is -2.26. The van der Waals surface area contributed by atoms with Crippen molar-refractivity contribution in [1.82, 2.24) is 29.8 Å². The number of pyridine rings is 2. The summed E-state index contributed by atoms with van der Waals surface area (Å²) >= 11 is 7.34. The molecular weight excluding hydrogens is 556 g/mol. The summed E-state index contributed by atoms with van der Waals surface area (Å²) in [5, 5.41) is 3.40.